The Hall–Kier alpha value is -0.330. The number of halogens is 2. The first-order valence-corrected chi connectivity index (χ1v) is 8.68. The highest BCUT2D eigenvalue weighted by Gasteiger charge is 2.29. The molecule has 0 aliphatic carbocycles. The van der Waals surface area contributed by atoms with E-state index in [4.69, 9.17) is 23.2 Å². The Morgan fingerprint density at radius 3 is 2.20 bits per heavy atom. The van der Waals surface area contributed by atoms with Crippen LogP contribution in [0.3, 0.4) is 0 Å². The van der Waals surface area contributed by atoms with E-state index in [1.54, 1.807) is 14.0 Å². The van der Waals surface area contributed by atoms with E-state index in [0.29, 0.717) is 15.6 Å². The normalized spacial score (nSPS) is 17.6. The molecule has 1 aliphatic heterocycles. The molecule has 0 saturated carbocycles. The number of rotatable bonds is 3. The molecule has 0 spiro atoms. The quantitative estimate of drug-likeness (QED) is 0.923. The molecule has 1 aliphatic rings. The zero-order chi connectivity index (χ0) is 14.9. The second-order valence-electron chi connectivity index (χ2n) is 5.01. The van der Waals surface area contributed by atoms with Gasteiger partial charge in [-0.2, -0.15) is 4.31 Å². The van der Waals surface area contributed by atoms with Crippen LogP contribution in [0.5, 0.6) is 0 Å². The Labute approximate surface area is 130 Å². The molecular weight excluding hydrogens is 319 g/mol. The standard InChI is InChI=1S/C13H18Cl2N2O2S/c1-9-12(14)7-11(8-13(9)15)20(18,19)17(2)10-3-5-16-6-4-10/h7-8,10,16H,3-6H2,1-2H3. The zero-order valence-electron chi connectivity index (χ0n) is 11.5. The first kappa shape index (κ1) is 16.0. The van der Waals surface area contributed by atoms with Crippen molar-refractivity contribution in [3.8, 4) is 0 Å². The third-order valence-electron chi connectivity index (χ3n) is 3.75. The van der Waals surface area contributed by atoms with E-state index in [1.165, 1.54) is 16.4 Å². The van der Waals surface area contributed by atoms with Crippen LogP contribution < -0.4 is 5.32 Å². The lowest BCUT2D eigenvalue weighted by atomic mass is 10.1. The van der Waals surface area contributed by atoms with Gasteiger partial charge in [-0.3, -0.25) is 0 Å². The highest BCUT2D eigenvalue weighted by atomic mass is 35.5. The molecule has 0 radical (unpaired) electrons. The summed E-state index contributed by atoms with van der Waals surface area (Å²) in [5, 5.41) is 3.96. The summed E-state index contributed by atoms with van der Waals surface area (Å²) in [5.74, 6) is 0. The molecule has 20 heavy (non-hydrogen) atoms. The molecule has 1 fully saturated rings. The minimum Gasteiger partial charge on any atom is -0.317 e. The highest BCUT2D eigenvalue weighted by Crippen LogP contribution is 2.30. The maximum atomic E-state index is 12.6. The lowest BCUT2D eigenvalue weighted by molar-refractivity contribution is 0.296. The predicted octanol–water partition coefficient (Wildman–Crippen LogP) is 2.67. The Morgan fingerprint density at radius 2 is 1.70 bits per heavy atom. The van der Waals surface area contributed by atoms with Gasteiger partial charge < -0.3 is 5.32 Å². The summed E-state index contributed by atoms with van der Waals surface area (Å²) in [6.45, 7) is 3.43. The van der Waals surface area contributed by atoms with Crippen molar-refractivity contribution >= 4 is 33.2 Å². The molecule has 2 rings (SSSR count). The SMILES string of the molecule is Cc1c(Cl)cc(S(=O)(=O)N(C)C2CCNCC2)cc1Cl. The Kier molecular flexibility index (Phi) is 4.97. The van der Waals surface area contributed by atoms with Crippen molar-refractivity contribution < 1.29 is 8.42 Å². The van der Waals surface area contributed by atoms with Crippen molar-refractivity contribution in [3.05, 3.63) is 27.7 Å². The van der Waals surface area contributed by atoms with Gasteiger partial charge in [0, 0.05) is 23.1 Å². The van der Waals surface area contributed by atoms with E-state index in [9.17, 15) is 8.42 Å². The molecule has 0 atom stereocenters. The second kappa shape index (κ2) is 6.20. The molecule has 1 aromatic carbocycles. The lowest BCUT2D eigenvalue weighted by Crippen LogP contribution is -2.43. The summed E-state index contributed by atoms with van der Waals surface area (Å²) in [5.41, 5.74) is 0.691. The Morgan fingerprint density at radius 1 is 1.20 bits per heavy atom. The minimum absolute atomic E-state index is 0.0140. The number of nitrogens with one attached hydrogen (secondary N) is 1. The van der Waals surface area contributed by atoms with Gasteiger partial charge in [-0.1, -0.05) is 23.2 Å². The van der Waals surface area contributed by atoms with Crippen LogP contribution in [0.25, 0.3) is 0 Å². The van der Waals surface area contributed by atoms with Gasteiger partial charge in [0.05, 0.1) is 4.90 Å². The maximum absolute atomic E-state index is 12.6. The van der Waals surface area contributed by atoms with Crippen LogP contribution >= 0.6 is 23.2 Å². The molecule has 0 amide bonds. The van der Waals surface area contributed by atoms with Crippen LogP contribution in [-0.2, 0) is 10.0 Å². The monoisotopic (exact) mass is 336 g/mol. The summed E-state index contributed by atoms with van der Waals surface area (Å²) < 4.78 is 26.7. The fourth-order valence-corrected chi connectivity index (χ4v) is 4.39. The van der Waals surface area contributed by atoms with Crippen molar-refractivity contribution in [3.63, 3.8) is 0 Å². The largest absolute Gasteiger partial charge is 0.317 e. The molecule has 112 valence electrons. The molecule has 0 bridgehead atoms. The zero-order valence-corrected chi connectivity index (χ0v) is 13.8. The number of sulfonamides is 1. The Balaban J connectivity index is 2.34. The average Bonchev–Trinajstić information content (AvgIpc) is 2.44. The van der Waals surface area contributed by atoms with Gasteiger partial charge in [0.25, 0.3) is 0 Å². The molecule has 1 heterocycles. The van der Waals surface area contributed by atoms with E-state index < -0.39 is 10.0 Å². The van der Waals surface area contributed by atoms with E-state index in [1.807, 2.05) is 0 Å². The second-order valence-corrected chi connectivity index (χ2v) is 7.83. The summed E-state index contributed by atoms with van der Waals surface area (Å²) in [7, 11) is -1.95. The summed E-state index contributed by atoms with van der Waals surface area (Å²) in [6, 6.07) is 2.95. The molecule has 7 heteroatoms. The van der Waals surface area contributed by atoms with Gasteiger partial charge in [0.1, 0.15) is 0 Å². The molecule has 1 aromatic rings. The summed E-state index contributed by atoms with van der Waals surface area (Å²) in [6.07, 6.45) is 1.62. The fraction of sp³-hybridized carbons (Fsp3) is 0.538. The first-order valence-electron chi connectivity index (χ1n) is 6.48. The van der Waals surface area contributed by atoms with E-state index in [-0.39, 0.29) is 10.9 Å². The molecule has 0 unspecified atom stereocenters. The van der Waals surface area contributed by atoms with Crippen molar-refractivity contribution in [1.29, 1.82) is 0 Å². The highest BCUT2D eigenvalue weighted by molar-refractivity contribution is 7.89. The maximum Gasteiger partial charge on any atom is 0.243 e. The molecular formula is C13H18Cl2N2O2S. The van der Waals surface area contributed by atoms with Crippen molar-refractivity contribution in [2.75, 3.05) is 20.1 Å². The number of piperidine rings is 1. The number of hydrogen-bond acceptors (Lipinski definition) is 3. The van der Waals surface area contributed by atoms with Gasteiger partial charge >= 0.3 is 0 Å². The molecule has 1 saturated heterocycles. The minimum atomic E-state index is -3.56. The topological polar surface area (TPSA) is 49.4 Å². The molecule has 1 N–H and O–H groups in total. The van der Waals surface area contributed by atoms with Gasteiger partial charge in [-0.15, -0.1) is 0 Å². The van der Waals surface area contributed by atoms with Crippen LogP contribution in [0, 0.1) is 6.92 Å². The van der Waals surface area contributed by atoms with E-state index in [2.05, 4.69) is 5.32 Å². The first-order chi connectivity index (χ1) is 9.34. The summed E-state index contributed by atoms with van der Waals surface area (Å²) in [4.78, 5) is 0.152. The van der Waals surface area contributed by atoms with Crippen LogP contribution in [0.2, 0.25) is 10.0 Å². The van der Waals surface area contributed by atoms with Crippen molar-refractivity contribution in [2.45, 2.75) is 30.7 Å². The van der Waals surface area contributed by atoms with Crippen LogP contribution in [0.15, 0.2) is 17.0 Å². The van der Waals surface area contributed by atoms with Gasteiger partial charge in [0.15, 0.2) is 0 Å². The number of nitrogens with zero attached hydrogens (tertiary/aromatic N) is 1. The third kappa shape index (κ3) is 3.12. The third-order valence-corrected chi connectivity index (χ3v) is 6.43. The van der Waals surface area contributed by atoms with Crippen LogP contribution in [0.4, 0.5) is 0 Å². The molecule has 0 aromatic heterocycles. The Bertz CT molecular complexity index is 575. The number of benzene rings is 1. The van der Waals surface area contributed by atoms with Crippen molar-refractivity contribution in [2.24, 2.45) is 0 Å². The fourth-order valence-electron chi connectivity index (χ4n) is 2.30. The van der Waals surface area contributed by atoms with E-state index >= 15 is 0 Å². The average molecular weight is 337 g/mol. The van der Waals surface area contributed by atoms with Gasteiger partial charge in [-0.25, -0.2) is 8.42 Å². The van der Waals surface area contributed by atoms with Crippen molar-refractivity contribution in [1.82, 2.24) is 9.62 Å². The smallest absolute Gasteiger partial charge is 0.243 e. The predicted molar refractivity (Wildman–Crippen MR) is 82.0 cm³/mol. The number of hydrogen-bond donors (Lipinski definition) is 1. The van der Waals surface area contributed by atoms with Gasteiger partial charge in [0.2, 0.25) is 10.0 Å². The van der Waals surface area contributed by atoms with Crippen LogP contribution in [-0.4, -0.2) is 38.9 Å². The summed E-state index contributed by atoms with van der Waals surface area (Å²) >= 11 is 12.1. The van der Waals surface area contributed by atoms with E-state index in [0.717, 1.165) is 25.9 Å². The lowest BCUT2D eigenvalue weighted by Gasteiger charge is -2.31. The van der Waals surface area contributed by atoms with Crippen LogP contribution in [0.1, 0.15) is 18.4 Å². The van der Waals surface area contributed by atoms with Gasteiger partial charge in [-0.05, 0) is 50.6 Å². The molecule has 4 nitrogen and oxygen atoms in total.